The van der Waals surface area contributed by atoms with Crippen LogP contribution in [0.1, 0.15) is 33.0 Å². The topological polar surface area (TPSA) is 58.2 Å². The first kappa shape index (κ1) is 30.7. The van der Waals surface area contributed by atoms with Gasteiger partial charge >= 0.3 is 18.5 Å². The first-order valence-electron chi connectivity index (χ1n) is 9.90. The van der Waals surface area contributed by atoms with Gasteiger partial charge < -0.3 is 10.6 Å². The lowest BCUT2D eigenvalue weighted by Gasteiger charge is -2.18. The van der Waals surface area contributed by atoms with Crippen LogP contribution in [0.3, 0.4) is 0 Å². The molecule has 15 heteroatoms. The van der Waals surface area contributed by atoms with E-state index in [9.17, 15) is 49.1 Å². The van der Waals surface area contributed by atoms with Gasteiger partial charge in [-0.25, -0.2) is 0 Å². The Labute approximate surface area is 220 Å². The smallest absolute Gasteiger partial charge is 0.345 e. The molecule has 0 spiro atoms. The minimum Gasteiger partial charge on any atom is -0.345 e. The molecule has 0 heterocycles. The van der Waals surface area contributed by atoms with Crippen LogP contribution in [-0.4, -0.2) is 37.3 Å². The fourth-order valence-corrected chi connectivity index (χ4v) is 4.32. The molecule has 2 amide bonds. The molecule has 37 heavy (non-hydrogen) atoms. The lowest BCUT2D eigenvalue weighted by molar-refractivity contribution is -0.139. The third kappa shape index (κ3) is 9.68. The van der Waals surface area contributed by atoms with Crippen molar-refractivity contribution in [1.82, 2.24) is 10.6 Å². The highest BCUT2D eigenvalue weighted by Crippen LogP contribution is 2.39. The molecule has 1 unspecified atom stereocenters. The standard InChI is InChI=1S/C22H15Br2F9N2O2/c23-13-6-12(7-14(24)8-13)16(21(28,29)30)4-2-11-1-3-15(17(5-11)22(31,32)33)19(37)34-9-18(36)35-10-20(25,26)27/h1-8,16H,9-10H2,(H,34,37)(H,35,36). The summed E-state index contributed by atoms with van der Waals surface area (Å²) in [5, 5.41) is 3.21. The Morgan fingerprint density at radius 3 is 1.97 bits per heavy atom. The van der Waals surface area contributed by atoms with Crippen LogP contribution in [0.5, 0.6) is 0 Å². The zero-order valence-electron chi connectivity index (χ0n) is 18.1. The summed E-state index contributed by atoms with van der Waals surface area (Å²) in [5.41, 5.74) is -3.00. The maximum absolute atomic E-state index is 13.7. The number of alkyl halides is 9. The van der Waals surface area contributed by atoms with Gasteiger partial charge in [0.1, 0.15) is 6.54 Å². The number of allylic oxidation sites excluding steroid dienone is 1. The molecule has 0 aliphatic heterocycles. The van der Waals surface area contributed by atoms with Crippen molar-refractivity contribution in [3.05, 3.63) is 73.7 Å². The molecule has 0 fully saturated rings. The van der Waals surface area contributed by atoms with Gasteiger partial charge in [0.05, 0.1) is 23.6 Å². The van der Waals surface area contributed by atoms with E-state index in [0.717, 1.165) is 12.1 Å². The number of nitrogens with one attached hydrogen (secondary N) is 2. The van der Waals surface area contributed by atoms with Crippen molar-refractivity contribution in [2.45, 2.75) is 24.4 Å². The predicted octanol–water partition coefficient (Wildman–Crippen LogP) is 7.00. The average molecular weight is 670 g/mol. The Balaban J connectivity index is 2.31. The third-order valence-corrected chi connectivity index (χ3v) is 5.48. The lowest BCUT2D eigenvalue weighted by Crippen LogP contribution is -2.41. The molecule has 2 aromatic carbocycles. The van der Waals surface area contributed by atoms with Crippen LogP contribution in [0.4, 0.5) is 39.5 Å². The van der Waals surface area contributed by atoms with E-state index in [2.05, 4.69) is 31.9 Å². The Morgan fingerprint density at radius 2 is 1.46 bits per heavy atom. The fraction of sp³-hybridized carbons (Fsp3) is 0.273. The van der Waals surface area contributed by atoms with E-state index >= 15 is 0 Å². The van der Waals surface area contributed by atoms with Gasteiger partial charge in [-0.2, -0.15) is 39.5 Å². The molecule has 4 nitrogen and oxygen atoms in total. The van der Waals surface area contributed by atoms with Crippen LogP contribution in [0.15, 0.2) is 51.4 Å². The minimum absolute atomic E-state index is 0.194. The van der Waals surface area contributed by atoms with Crippen LogP contribution in [0.25, 0.3) is 6.08 Å². The summed E-state index contributed by atoms with van der Waals surface area (Å²) in [5.74, 6) is -4.89. The second-order valence-electron chi connectivity index (χ2n) is 7.46. The molecule has 0 bridgehead atoms. The number of hydrogen-bond donors (Lipinski definition) is 2. The largest absolute Gasteiger partial charge is 0.417 e. The second kappa shape index (κ2) is 11.9. The van der Waals surface area contributed by atoms with E-state index in [1.807, 2.05) is 0 Å². The fourth-order valence-electron chi connectivity index (χ4n) is 2.99. The van der Waals surface area contributed by atoms with E-state index in [1.54, 1.807) is 5.32 Å². The quantitative estimate of drug-likeness (QED) is 0.312. The van der Waals surface area contributed by atoms with Crippen molar-refractivity contribution in [2.75, 3.05) is 13.1 Å². The molecule has 0 saturated heterocycles. The van der Waals surface area contributed by atoms with E-state index in [-0.39, 0.29) is 11.1 Å². The van der Waals surface area contributed by atoms with E-state index < -0.39 is 60.5 Å². The molecule has 0 aliphatic rings. The Hall–Kier alpha value is -2.55. The maximum atomic E-state index is 13.7. The molecular formula is C22H15Br2F9N2O2. The zero-order valence-corrected chi connectivity index (χ0v) is 21.3. The molecule has 0 aromatic heterocycles. The van der Waals surface area contributed by atoms with Crippen molar-refractivity contribution in [2.24, 2.45) is 0 Å². The van der Waals surface area contributed by atoms with Crippen molar-refractivity contribution in [1.29, 1.82) is 0 Å². The van der Waals surface area contributed by atoms with Gasteiger partial charge in [-0.3, -0.25) is 9.59 Å². The van der Waals surface area contributed by atoms with Gasteiger partial charge in [0.2, 0.25) is 5.91 Å². The lowest BCUT2D eigenvalue weighted by atomic mass is 9.96. The molecule has 2 N–H and O–H groups in total. The number of carbonyl (C=O) groups excluding carboxylic acids is 2. The van der Waals surface area contributed by atoms with Crippen LogP contribution < -0.4 is 10.6 Å². The van der Waals surface area contributed by atoms with Gasteiger partial charge in [0, 0.05) is 8.95 Å². The monoisotopic (exact) mass is 668 g/mol. The van der Waals surface area contributed by atoms with Crippen LogP contribution in [-0.2, 0) is 11.0 Å². The summed E-state index contributed by atoms with van der Waals surface area (Å²) in [7, 11) is 0. The van der Waals surface area contributed by atoms with Crippen molar-refractivity contribution >= 4 is 49.8 Å². The third-order valence-electron chi connectivity index (χ3n) is 4.57. The van der Waals surface area contributed by atoms with Gasteiger partial charge in [0.15, 0.2) is 0 Å². The second-order valence-corrected chi connectivity index (χ2v) is 9.29. The maximum Gasteiger partial charge on any atom is 0.417 e. The average Bonchev–Trinajstić information content (AvgIpc) is 2.73. The number of hydrogen-bond acceptors (Lipinski definition) is 2. The van der Waals surface area contributed by atoms with E-state index in [0.29, 0.717) is 27.2 Å². The molecule has 0 aliphatic carbocycles. The van der Waals surface area contributed by atoms with Crippen LogP contribution >= 0.6 is 31.9 Å². The Morgan fingerprint density at radius 1 is 0.865 bits per heavy atom. The highest BCUT2D eigenvalue weighted by molar-refractivity contribution is 9.11. The van der Waals surface area contributed by atoms with Crippen molar-refractivity contribution < 1.29 is 49.1 Å². The summed E-state index contributed by atoms with van der Waals surface area (Å²) in [6, 6.07) is 5.98. The molecule has 2 rings (SSSR count). The number of amides is 2. The number of halogens is 11. The molecule has 202 valence electrons. The minimum atomic E-state index is -5.12. The predicted molar refractivity (Wildman–Crippen MR) is 123 cm³/mol. The summed E-state index contributed by atoms with van der Waals surface area (Å²) >= 11 is 6.15. The summed E-state index contributed by atoms with van der Waals surface area (Å²) < 4.78 is 119. The molecular weight excluding hydrogens is 655 g/mol. The first-order chi connectivity index (χ1) is 16.9. The van der Waals surface area contributed by atoms with E-state index in [1.165, 1.54) is 23.5 Å². The van der Waals surface area contributed by atoms with E-state index in [4.69, 9.17) is 0 Å². The molecule has 2 aromatic rings. The Kier molecular flexibility index (Phi) is 9.85. The van der Waals surface area contributed by atoms with Crippen LogP contribution in [0, 0.1) is 0 Å². The van der Waals surface area contributed by atoms with Gasteiger partial charge in [-0.05, 0) is 41.5 Å². The summed E-state index contributed by atoms with van der Waals surface area (Å²) in [6.07, 6.45) is -13.2. The number of rotatable bonds is 7. The highest BCUT2D eigenvalue weighted by Gasteiger charge is 2.39. The summed E-state index contributed by atoms with van der Waals surface area (Å²) in [4.78, 5) is 23.6. The number of benzene rings is 2. The molecule has 1 atom stereocenters. The van der Waals surface area contributed by atoms with Gasteiger partial charge in [-0.15, -0.1) is 0 Å². The Bertz CT molecular complexity index is 1160. The SMILES string of the molecule is O=C(CNC(=O)c1ccc(C=CC(c2cc(Br)cc(Br)c2)C(F)(F)F)cc1C(F)(F)F)NCC(F)(F)F. The van der Waals surface area contributed by atoms with Crippen molar-refractivity contribution in [3.8, 4) is 0 Å². The number of carbonyl (C=O) groups is 2. The van der Waals surface area contributed by atoms with Crippen LogP contribution in [0.2, 0.25) is 0 Å². The zero-order chi connectivity index (χ0) is 28.2. The van der Waals surface area contributed by atoms with Gasteiger partial charge in [-0.1, -0.05) is 50.1 Å². The summed E-state index contributed by atoms with van der Waals surface area (Å²) in [6.45, 7) is -2.74. The highest BCUT2D eigenvalue weighted by atomic mass is 79.9. The molecule has 0 saturated carbocycles. The normalized spacial score (nSPS) is 13.5. The molecule has 0 radical (unpaired) electrons. The van der Waals surface area contributed by atoms with Gasteiger partial charge in [0.25, 0.3) is 5.91 Å². The first-order valence-corrected chi connectivity index (χ1v) is 11.5. The van der Waals surface area contributed by atoms with Crippen molar-refractivity contribution in [3.63, 3.8) is 0 Å².